The number of rotatable bonds is 6. The van der Waals surface area contributed by atoms with Gasteiger partial charge in [-0.15, -0.1) is 0 Å². The van der Waals surface area contributed by atoms with Gasteiger partial charge in [-0.1, -0.05) is 6.92 Å². The molecule has 0 radical (unpaired) electrons. The highest BCUT2D eigenvalue weighted by Gasteiger charge is 2.31. The summed E-state index contributed by atoms with van der Waals surface area (Å²) < 4.78 is 18.4. The molecule has 0 fully saturated rings. The average molecular weight is 283 g/mol. The van der Waals surface area contributed by atoms with Crippen molar-refractivity contribution in [1.82, 2.24) is 5.32 Å². The second kappa shape index (κ2) is 6.70. The summed E-state index contributed by atoms with van der Waals surface area (Å²) in [6, 6.07) is 5.34. The third-order valence-corrected chi connectivity index (χ3v) is 3.23. The molecule has 1 amide bonds. The van der Waals surface area contributed by atoms with E-state index in [-0.39, 0.29) is 30.3 Å². The predicted molar refractivity (Wildman–Crippen MR) is 75.0 cm³/mol. The topological polar surface area (TPSA) is 58.6 Å². The number of carbonyl (C=O) groups excluding carboxylic acids is 1. The lowest BCUT2D eigenvalue weighted by atomic mass is 10.0. The summed E-state index contributed by atoms with van der Waals surface area (Å²) in [7, 11) is 0. The van der Waals surface area contributed by atoms with Crippen LogP contribution in [0.1, 0.15) is 27.7 Å². The molecule has 0 aromatic heterocycles. The average Bonchev–Trinajstić information content (AvgIpc) is 2.40. The van der Waals surface area contributed by atoms with Gasteiger partial charge in [-0.05, 0) is 51.0 Å². The Morgan fingerprint density at radius 1 is 1.35 bits per heavy atom. The van der Waals surface area contributed by atoms with Gasteiger partial charge in [0.2, 0.25) is 0 Å². The Balaban J connectivity index is 2.67. The van der Waals surface area contributed by atoms with Crippen LogP contribution in [0.2, 0.25) is 0 Å². The van der Waals surface area contributed by atoms with E-state index in [0.717, 1.165) is 0 Å². The summed E-state index contributed by atoms with van der Waals surface area (Å²) in [5.74, 6) is -0.255. The predicted octanol–water partition coefficient (Wildman–Crippen LogP) is 2.12. The molecule has 0 spiro atoms. The van der Waals surface area contributed by atoms with Gasteiger partial charge < -0.3 is 15.2 Å². The van der Waals surface area contributed by atoms with Crippen LogP contribution in [-0.4, -0.2) is 29.3 Å². The molecule has 0 aliphatic carbocycles. The fraction of sp³-hybridized carbons (Fsp3) is 0.533. The van der Waals surface area contributed by atoms with Crippen LogP contribution >= 0.6 is 0 Å². The van der Waals surface area contributed by atoms with Gasteiger partial charge in [-0.25, -0.2) is 4.39 Å². The smallest absolute Gasteiger partial charge is 0.263 e. The highest BCUT2D eigenvalue weighted by atomic mass is 19.1. The van der Waals surface area contributed by atoms with E-state index < -0.39 is 5.60 Å². The third kappa shape index (κ3) is 4.49. The normalized spacial score (nSPS) is 14.5. The maximum atomic E-state index is 12.8. The first-order valence-corrected chi connectivity index (χ1v) is 6.62. The van der Waals surface area contributed by atoms with Crippen molar-refractivity contribution in [3.63, 3.8) is 0 Å². The lowest BCUT2D eigenvalue weighted by molar-refractivity contribution is -0.135. The van der Waals surface area contributed by atoms with Crippen molar-refractivity contribution >= 4 is 5.91 Å². The van der Waals surface area contributed by atoms with Crippen LogP contribution in [0.25, 0.3) is 0 Å². The Hall–Kier alpha value is -1.62. The molecule has 4 nitrogen and oxygen atoms in total. The van der Waals surface area contributed by atoms with E-state index in [2.05, 4.69) is 5.32 Å². The van der Waals surface area contributed by atoms with Gasteiger partial charge in [0.25, 0.3) is 5.91 Å². The molecule has 5 heteroatoms. The van der Waals surface area contributed by atoms with Crippen molar-refractivity contribution < 1.29 is 19.0 Å². The fourth-order valence-corrected chi connectivity index (χ4v) is 1.52. The SMILES string of the molecule is CC(CO)C(C)NC(=O)C(C)(C)Oc1ccc(F)cc1. The molecular weight excluding hydrogens is 261 g/mol. The largest absolute Gasteiger partial charge is 0.478 e. The number of aliphatic hydroxyl groups excluding tert-OH is 1. The molecule has 0 heterocycles. The lowest BCUT2D eigenvalue weighted by Gasteiger charge is -2.28. The van der Waals surface area contributed by atoms with Crippen LogP contribution in [0.4, 0.5) is 4.39 Å². The minimum absolute atomic E-state index is 0.000689. The van der Waals surface area contributed by atoms with E-state index in [4.69, 9.17) is 9.84 Å². The summed E-state index contributed by atoms with van der Waals surface area (Å²) in [6.07, 6.45) is 0. The van der Waals surface area contributed by atoms with Crippen LogP contribution in [-0.2, 0) is 4.79 Å². The second-order valence-electron chi connectivity index (χ2n) is 5.49. The first-order valence-electron chi connectivity index (χ1n) is 6.62. The van der Waals surface area contributed by atoms with E-state index in [9.17, 15) is 9.18 Å². The van der Waals surface area contributed by atoms with Crippen molar-refractivity contribution in [1.29, 1.82) is 0 Å². The van der Waals surface area contributed by atoms with Crippen molar-refractivity contribution in [2.75, 3.05) is 6.61 Å². The first-order chi connectivity index (χ1) is 9.26. The van der Waals surface area contributed by atoms with Gasteiger partial charge >= 0.3 is 0 Å². The molecule has 1 rings (SSSR count). The van der Waals surface area contributed by atoms with Gasteiger partial charge in [0.15, 0.2) is 5.60 Å². The molecule has 0 saturated heterocycles. The lowest BCUT2D eigenvalue weighted by Crippen LogP contribution is -2.51. The van der Waals surface area contributed by atoms with E-state index in [1.54, 1.807) is 13.8 Å². The zero-order valence-corrected chi connectivity index (χ0v) is 12.3. The number of carbonyl (C=O) groups is 1. The van der Waals surface area contributed by atoms with Gasteiger partial charge in [-0.2, -0.15) is 0 Å². The Morgan fingerprint density at radius 2 is 1.90 bits per heavy atom. The molecule has 2 atom stereocenters. The first kappa shape index (κ1) is 16.4. The molecule has 0 bridgehead atoms. The van der Waals surface area contributed by atoms with Crippen molar-refractivity contribution in [3.8, 4) is 5.75 Å². The summed E-state index contributed by atoms with van der Waals surface area (Å²) >= 11 is 0. The maximum absolute atomic E-state index is 12.8. The van der Waals surface area contributed by atoms with E-state index >= 15 is 0 Å². The number of nitrogens with one attached hydrogen (secondary N) is 1. The van der Waals surface area contributed by atoms with Crippen LogP contribution < -0.4 is 10.1 Å². The highest BCUT2D eigenvalue weighted by molar-refractivity contribution is 5.84. The number of ether oxygens (including phenoxy) is 1. The number of amides is 1. The Kier molecular flexibility index (Phi) is 5.51. The monoisotopic (exact) mass is 283 g/mol. The van der Waals surface area contributed by atoms with Gasteiger partial charge in [0.05, 0.1) is 0 Å². The molecule has 112 valence electrons. The Morgan fingerprint density at radius 3 is 2.40 bits per heavy atom. The molecule has 2 unspecified atom stereocenters. The van der Waals surface area contributed by atoms with Crippen molar-refractivity contribution in [2.45, 2.75) is 39.3 Å². The Bertz CT molecular complexity index is 445. The van der Waals surface area contributed by atoms with Crippen molar-refractivity contribution in [3.05, 3.63) is 30.1 Å². The number of halogens is 1. The molecule has 0 aliphatic heterocycles. The standard InChI is InChI=1S/C15H22FNO3/c1-10(9-18)11(2)17-14(19)15(3,4)20-13-7-5-12(16)6-8-13/h5-8,10-11,18H,9H2,1-4H3,(H,17,19). The fourth-order valence-electron chi connectivity index (χ4n) is 1.52. The maximum Gasteiger partial charge on any atom is 0.263 e. The summed E-state index contributed by atoms with van der Waals surface area (Å²) in [4.78, 5) is 12.2. The number of hydrogen-bond donors (Lipinski definition) is 2. The molecule has 2 N–H and O–H groups in total. The minimum atomic E-state index is -1.08. The van der Waals surface area contributed by atoms with Crippen molar-refractivity contribution in [2.24, 2.45) is 5.92 Å². The molecule has 20 heavy (non-hydrogen) atoms. The van der Waals surface area contributed by atoms with Gasteiger partial charge in [-0.3, -0.25) is 4.79 Å². The highest BCUT2D eigenvalue weighted by Crippen LogP contribution is 2.19. The summed E-state index contributed by atoms with van der Waals surface area (Å²) in [6.45, 7) is 6.95. The van der Waals surface area contributed by atoms with Gasteiger partial charge in [0, 0.05) is 12.6 Å². The van der Waals surface area contributed by atoms with E-state index in [0.29, 0.717) is 5.75 Å². The number of hydrogen-bond acceptors (Lipinski definition) is 3. The molecule has 0 saturated carbocycles. The summed E-state index contributed by atoms with van der Waals surface area (Å²) in [5.41, 5.74) is -1.08. The molecule has 0 aliphatic rings. The number of aliphatic hydroxyl groups is 1. The molecule has 1 aromatic carbocycles. The van der Waals surface area contributed by atoms with E-state index in [1.807, 2.05) is 13.8 Å². The van der Waals surface area contributed by atoms with Gasteiger partial charge in [0.1, 0.15) is 11.6 Å². The summed E-state index contributed by atoms with van der Waals surface area (Å²) in [5, 5.41) is 11.9. The van der Waals surface area contributed by atoms with E-state index in [1.165, 1.54) is 24.3 Å². The quantitative estimate of drug-likeness (QED) is 0.840. The molecule has 1 aromatic rings. The molecular formula is C15H22FNO3. The number of benzene rings is 1. The second-order valence-corrected chi connectivity index (χ2v) is 5.49. The van der Waals surface area contributed by atoms with Crippen LogP contribution in [0.5, 0.6) is 5.75 Å². The third-order valence-electron chi connectivity index (χ3n) is 3.23. The van der Waals surface area contributed by atoms with Crippen LogP contribution in [0.15, 0.2) is 24.3 Å². The zero-order chi connectivity index (χ0) is 15.3. The Labute approximate surface area is 119 Å². The minimum Gasteiger partial charge on any atom is -0.478 e. The zero-order valence-electron chi connectivity index (χ0n) is 12.3. The van der Waals surface area contributed by atoms with Crippen LogP contribution in [0.3, 0.4) is 0 Å². The van der Waals surface area contributed by atoms with Crippen LogP contribution in [0, 0.1) is 11.7 Å².